The summed E-state index contributed by atoms with van der Waals surface area (Å²) in [5, 5.41) is 9.87. The van der Waals surface area contributed by atoms with Crippen LogP contribution in [0.1, 0.15) is 26.2 Å². The largest absolute Gasteiger partial charge is 0.302 e. The molecule has 2 amide bonds. The molecule has 2 heterocycles. The molecule has 3 rings (SSSR count). The Morgan fingerprint density at radius 2 is 2.04 bits per heavy atom. The van der Waals surface area contributed by atoms with Crippen molar-refractivity contribution >= 4 is 35.2 Å². The standard InChI is InChI=1S/C17H19ClN4O2S/c1-2-9-22-16(12-5-7-13(18)8-6-12)19-20-17(22)25-11-15(24)21-10-3-4-14(21)23/h5-8H,2-4,9-11H2,1H3. The number of carbonyl (C=O) groups is 2. The third-order valence-corrected chi connectivity index (χ3v) is 5.17. The molecular weight excluding hydrogens is 360 g/mol. The van der Waals surface area contributed by atoms with Gasteiger partial charge in [-0.15, -0.1) is 10.2 Å². The Balaban J connectivity index is 1.76. The number of halogens is 1. The zero-order valence-electron chi connectivity index (χ0n) is 13.9. The molecule has 0 atom stereocenters. The minimum Gasteiger partial charge on any atom is -0.302 e. The van der Waals surface area contributed by atoms with Gasteiger partial charge >= 0.3 is 0 Å². The van der Waals surface area contributed by atoms with Crippen molar-refractivity contribution in [3.8, 4) is 11.4 Å². The van der Waals surface area contributed by atoms with Crippen LogP contribution >= 0.6 is 23.4 Å². The number of nitrogens with zero attached hydrogens (tertiary/aromatic N) is 4. The highest BCUT2D eigenvalue weighted by Gasteiger charge is 2.26. The van der Waals surface area contributed by atoms with E-state index in [1.807, 2.05) is 28.8 Å². The van der Waals surface area contributed by atoms with Crippen molar-refractivity contribution < 1.29 is 9.59 Å². The van der Waals surface area contributed by atoms with E-state index in [0.29, 0.717) is 23.1 Å². The van der Waals surface area contributed by atoms with Crippen molar-refractivity contribution in [2.75, 3.05) is 12.3 Å². The minimum absolute atomic E-state index is 0.0810. The monoisotopic (exact) mass is 378 g/mol. The van der Waals surface area contributed by atoms with Crippen LogP contribution in [0.15, 0.2) is 29.4 Å². The first-order chi connectivity index (χ1) is 12.1. The van der Waals surface area contributed by atoms with Crippen LogP contribution in [0.25, 0.3) is 11.4 Å². The SMILES string of the molecule is CCCn1c(SCC(=O)N2CCCC2=O)nnc1-c1ccc(Cl)cc1. The second-order valence-electron chi connectivity index (χ2n) is 5.80. The van der Waals surface area contributed by atoms with Gasteiger partial charge in [0.25, 0.3) is 0 Å². The van der Waals surface area contributed by atoms with Crippen molar-refractivity contribution in [3.63, 3.8) is 0 Å². The number of hydrogen-bond acceptors (Lipinski definition) is 5. The van der Waals surface area contributed by atoms with E-state index in [0.717, 1.165) is 30.8 Å². The molecule has 132 valence electrons. The number of amides is 2. The van der Waals surface area contributed by atoms with E-state index < -0.39 is 0 Å². The summed E-state index contributed by atoms with van der Waals surface area (Å²) in [5.41, 5.74) is 0.929. The zero-order chi connectivity index (χ0) is 17.8. The number of benzene rings is 1. The van der Waals surface area contributed by atoms with Crippen LogP contribution in [0, 0.1) is 0 Å². The van der Waals surface area contributed by atoms with Gasteiger partial charge in [0.15, 0.2) is 11.0 Å². The summed E-state index contributed by atoms with van der Waals surface area (Å²) in [6, 6.07) is 7.44. The van der Waals surface area contributed by atoms with E-state index in [4.69, 9.17) is 11.6 Å². The fourth-order valence-corrected chi connectivity index (χ4v) is 3.72. The van der Waals surface area contributed by atoms with Crippen LogP contribution in [0.2, 0.25) is 5.02 Å². The topological polar surface area (TPSA) is 68.1 Å². The summed E-state index contributed by atoms with van der Waals surface area (Å²) < 4.78 is 2.01. The molecule has 0 unspecified atom stereocenters. The van der Waals surface area contributed by atoms with E-state index in [-0.39, 0.29) is 17.6 Å². The molecule has 0 radical (unpaired) electrons. The molecule has 6 nitrogen and oxygen atoms in total. The van der Waals surface area contributed by atoms with E-state index in [1.54, 1.807) is 0 Å². The third kappa shape index (κ3) is 4.04. The van der Waals surface area contributed by atoms with Gasteiger partial charge in [0.05, 0.1) is 5.75 Å². The predicted molar refractivity (Wildman–Crippen MR) is 97.4 cm³/mol. The average molecular weight is 379 g/mol. The Labute approximate surface area is 155 Å². The van der Waals surface area contributed by atoms with Gasteiger partial charge in [-0.1, -0.05) is 30.3 Å². The van der Waals surface area contributed by atoms with E-state index in [1.165, 1.54) is 16.7 Å². The van der Waals surface area contributed by atoms with Gasteiger partial charge in [-0.25, -0.2) is 0 Å². The highest BCUT2D eigenvalue weighted by molar-refractivity contribution is 7.99. The molecule has 1 fully saturated rings. The molecule has 1 aliphatic rings. The highest BCUT2D eigenvalue weighted by Crippen LogP contribution is 2.26. The van der Waals surface area contributed by atoms with Gasteiger partial charge in [-0.2, -0.15) is 0 Å². The van der Waals surface area contributed by atoms with Crippen molar-refractivity contribution in [1.82, 2.24) is 19.7 Å². The van der Waals surface area contributed by atoms with Crippen LogP contribution in [-0.2, 0) is 16.1 Å². The molecule has 0 spiro atoms. The molecule has 8 heteroatoms. The van der Waals surface area contributed by atoms with E-state index >= 15 is 0 Å². The molecule has 0 bridgehead atoms. The van der Waals surface area contributed by atoms with Crippen LogP contribution in [0.4, 0.5) is 0 Å². The molecule has 0 N–H and O–H groups in total. The molecule has 1 saturated heterocycles. The summed E-state index contributed by atoms with van der Waals surface area (Å²) in [7, 11) is 0. The minimum atomic E-state index is -0.161. The first kappa shape index (κ1) is 17.9. The lowest BCUT2D eigenvalue weighted by Crippen LogP contribution is -2.33. The highest BCUT2D eigenvalue weighted by atomic mass is 35.5. The average Bonchev–Trinajstić information content (AvgIpc) is 3.20. The second-order valence-corrected chi connectivity index (χ2v) is 7.17. The summed E-state index contributed by atoms with van der Waals surface area (Å²) in [4.78, 5) is 25.2. The number of rotatable bonds is 6. The summed E-state index contributed by atoms with van der Waals surface area (Å²) in [6.07, 6.45) is 2.13. The molecule has 25 heavy (non-hydrogen) atoms. The van der Waals surface area contributed by atoms with Crippen molar-refractivity contribution in [2.45, 2.75) is 37.9 Å². The molecular formula is C17H19ClN4O2S. The lowest BCUT2D eigenvalue weighted by molar-refractivity contribution is -0.140. The van der Waals surface area contributed by atoms with E-state index in [9.17, 15) is 9.59 Å². The molecule has 1 aromatic heterocycles. The number of likely N-dealkylation sites (tertiary alicyclic amines) is 1. The van der Waals surface area contributed by atoms with Crippen LogP contribution in [0.3, 0.4) is 0 Å². The maximum atomic E-state index is 12.2. The first-order valence-corrected chi connectivity index (χ1v) is 9.61. The Bertz CT molecular complexity index is 775. The fourth-order valence-electron chi connectivity index (χ4n) is 2.75. The summed E-state index contributed by atoms with van der Waals surface area (Å²) in [5.74, 6) is 0.702. The van der Waals surface area contributed by atoms with Gasteiger partial charge in [-0.3, -0.25) is 14.5 Å². The summed E-state index contributed by atoms with van der Waals surface area (Å²) in [6.45, 7) is 3.36. The lowest BCUT2D eigenvalue weighted by Gasteiger charge is -2.13. The van der Waals surface area contributed by atoms with Gasteiger partial charge < -0.3 is 4.57 Å². The summed E-state index contributed by atoms with van der Waals surface area (Å²) >= 11 is 7.27. The number of thioether (sulfide) groups is 1. The van der Waals surface area contributed by atoms with Crippen molar-refractivity contribution in [2.24, 2.45) is 0 Å². The van der Waals surface area contributed by atoms with Crippen LogP contribution < -0.4 is 0 Å². The Morgan fingerprint density at radius 3 is 2.68 bits per heavy atom. The quantitative estimate of drug-likeness (QED) is 0.722. The Hall–Kier alpha value is -1.86. The number of hydrogen-bond donors (Lipinski definition) is 0. The normalized spacial score (nSPS) is 14.3. The second kappa shape index (κ2) is 8.01. The number of aromatic nitrogens is 3. The molecule has 1 aromatic carbocycles. The molecule has 1 aliphatic heterocycles. The van der Waals surface area contributed by atoms with Crippen LogP contribution in [0.5, 0.6) is 0 Å². The molecule has 0 saturated carbocycles. The van der Waals surface area contributed by atoms with Gasteiger partial charge in [0, 0.05) is 30.1 Å². The maximum absolute atomic E-state index is 12.2. The molecule has 0 aliphatic carbocycles. The van der Waals surface area contributed by atoms with Crippen LogP contribution in [-0.4, -0.2) is 43.8 Å². The Morgan fingerprint density at radius 1 is 1.28 bits per heavy atom. The molecule has 2 aromatic rings. The first-order valence-electron chi connectivity index (χ1n) is 8.25. The van der Waals surface area contributed by atoms with E-state index in [2.05, 4.69) is 17.1 Å². The Kier molecular flexibility index (Phi) is 5.75. The smallest absolute Gasteiger partial charge is 0.239 e. The van der Waals surface area contributed by atoms with Gasteiger partial charge in [0.1, 0.15) is 0 Å². The van der Waals surface area contributed by atoms with Crippen molar-refractivity contribution in [3.05, 3.63) is 29.3 Å². The van der Waals surface area contributed by atoms with Crippen molar-refractivity contribution in [1.29, 1.82) is 0 Å². The number of imide groups is 1. The third-order valence-electron chi connectivity index (χ3n) is 3.97. The maximum Gasteiger partial charge on any atom is 0.239 e. The fraction of sp³-hybridized carbons (Fsp3) is 0.412. The zero-order valence-corrected chi connectivity index (χ0v) is 15.5. The van der Waals surface area contributed by atoms with Gasteiger partial charge in [-0.05, 0) is 37.1 Å². The predicted octanol–water partition coefficient (Wildman–Crippen LogP) is 3.25. The van der Waals surface area contributed by atoms with Gasteiger partial charge in [0.2, 0.25) is 11.8 Å². The number of carbonyl (C=O) groups excluding carboxylic acids is 2. The lowest BCUT2D eigenvalue weighted by atomic mass is 10.2.